The normalized spacial score (nSPS) is 12.4. The molecule has 9 heteroatoms. The minimum absolute atomic E-state index is 0.0347. The van der Waals surface area contributed by atoms with E-state index in [0.29, 0.717) is 17.2 Å². The first-order valence-corrected chi connectivity index (χ1v) is 8.66. The lowest BCUT2D eigenvalue weighted by molar-refractivity contribution is -0.115. The van der Waals surface area contributed by atoms with E-state index in [1.54, 1.807) is 24.3 Å². The van der Waals surface area contributed by atoms with E-state index in [9.17, 15) is 13.2 Å². The third-order valence-electron chi connectivity index (χ3n) is 3.40. The largest absolute Gasteiger partial charge is 0.454 e. The zero-order valence-electron chi connectivity index (χ0n) is 12.9. The Morgan fingerprint density at radius 2 is 1.92 bits per heavy atom. The highest BCUT2D eigenvalue weighted by atomic mass is 32.2. The minimum Gasteiger partial charge on any atom is -0.454 e. The number of benzene rings is 2. The fraction of sp³-hybridized carbons (Fsp3) is 0.125. The van der Waals surface area contributed by atoms with Crippen molar-refractivity contribution in [2.75, 3.05) is 18.7 Å². The molecule has 8 nitrogen and oxygen atoms in total. The molecule has 0 bridgehead atoms. The first-order valence-electron chi connectivity index (χ1n) is 7.18. The van der Waals surface area contributed by atoms with E-state index in [4.69, 9.17) is 14.7 Å². The Morgan fingerprint density at radius 1 is 1.16 bits per heavy atom. The van der Waals surface area contributed by atoms with Crippen molar-refractivity contribution in [3.8, 4) is 17.6 Å². The number of carbonyl (C=O) groups is 1. The molecule has 2 aromatic carbocycles. The van der Waals surface area contributed by atoms with Gasteiger partial charge in [-0.1, -0.05) is 12.1 Å². The second kappa shape index (κ2) is 6.80. The molecule has 25 heavy (non-hydrogen) atoms. The smallest absolute Gasteiger partial charge is 0.241 e. The van der Waals surface area contributed by atoms with Crippen LogP contribution < -0.4 is 19.5 Å². The van der Waals surface area contributed by atoms with Crippen LogP contribution in [0, 0.1) is 11.3 Å². The van der Waals surface area contributed by atoms with Gasteiger partial charge in [0.05, 0.1) is 22.7 Å². The molecule has 3 rings (SSSR count). The minimum atomic E-state index is -3.90. The van der Waals surface area contributed by atoms with Crippen LogP contribution in [-0.4, -0.2) is 27.7 Å². The Bertz CT molecular complexity index is 966. The summed E-state index contributed by atoms with van der Waals surface area (Å²) < 4.78 is 37.0. The molecule has 1 aliphatic rings. The number of nitriles is 1. The molecule has 0 saturated carbocycles. The van der Waals surface area contributed by atoms with Gasteiger partial charge >= 0.3 is 0 Å². The zero-order valence-corrected chi connectivity index (χ0v) is 13.7. The molecule has 1 amide bonds. The quantitative estimate of drug-likeness (QED) is 0.828. The van der Waals surface area contributed by atoms with Crippen LogP contribution in [0.25, 0.3) is 0 Å². The van der Waals surface area contributed by atoms with E-state index < -0.39 is 22.5 Å². The monoisotopic (exact) mass is 359 g/mol. The topological polar surface area (TPSA) is 118 Å². The molecule has 0 aliphatic carbocycles. The molecule has 1 aliphatic heterocycles. The van der Waals surface area contributed by atoms with Crippen LogP contribution in [0.5, 0.6) is 11.5 Å². The predicted octanol–water partition coefficient (Wildman–Crippen LogP) is 1.20. The van der Waals surface area contributed by atoms with E-state index in [0.717, 1.165) is 0 Å². The van der Waals surface area contributed by atoms with Gasteiger partial charge in [-0.3, -0.25) is 4.79 Å². The van der Waals surface area contributed by atoms with Crippen LogP contribution in [0.3, 0.4) is 0 Å². The fourth-order valence-corrected chi connectivity index (χ4v) is 3.17. The molecule has 0 unspecified atom stereocenters. The summed E-state index contributed by atoms with van der Waals surface area (Å²) in [7, 11) is -3.90. The Balaban J connectivity index is 1.66. The van der Waals surface area contributed by atoms with Crippen molar-refractivity contribution in [1.29, 1.82) is 5.26 Å². The van der Waals surface area contributed by atoms with Crippen molar-refractivity contribution < 1.29 is 22.7 Å². The van der Waals surface area contributed by atoms with Gasteiger partial charge in [0, 0.05) is 6.07 Å². The number of anilines is 1. The second-order valence-corrected chi connectivity index (χ2v) is 6.81. The lowest BCUT2D eigenvalue weighted by Crippen LogP contribution is -2.33. The van der Waals surface area contributed by atoms with Gasteiger partial charge in [0.1, 0.15) is 6.07 Å². The molecule has 0 radical (unpaired) electrons. The van der Waals surface area contributed by atoms with Crippen molar-refractivity contribution in [3.05, 3.63) is 48.0 Å². The summed E-state index contributed by atoms with van der Waals surface area (Å²) in [5.41, 5.74) is 0.603. The molecule has 128 valence electrons. The number of amides is 1. The van der Waals surface area contributed by atoms with Crippen molar-refractivity contribution >= 4 is 21.6 Å². The lowest BCUT2D eigenvalue weighted by atomic mass is 10.2. The van der Waals surface area contributed by atoms with E-state index in [1.807, 2.05) is 6.07 Å². The Labute approximate surface area is 144 Å². The summed E-state index contributed by atoms with van der Waals surface area (Å²) in [4.78, 5) is 11.9. The molecule has 0 fully saturated rings. The standard InChI is InChI=1S/C16H13N3O5S/c17-8-11-3-1-2-4-13(11)19-16(20)9-18-25(21,22)12-5-6-14-15(7-12)24-10-23-14/h1-7,18H,9-10H2,(H,19,20). The van der Waals surface area contributed by atoms with Crippen molar-refractivity contribution in [2.24, 2.45) is 0 Å². The molecular weight excluding hydrogens is 346 g/mol. The summed E-state index contributed by atoms with van der Waals surface area (Å²) in [5, 5.41) is 11.5. The lowest BCUT2D eigenvalue weighted by Gasteiger charge is -2.09. The van der Waals surface area contributed by atoms with Crippen LogP contribution >= 0.6 is 0 Å². The van der Waals surface area contributed by atoms with Gasteiger partial charge in [0.25, 0.3) is 0 Å². The molecule has 1 heterocycles. The fourth-order valence-electron chi connectivity index (χ4n) is 2.17. The Hall–Kier alpha value is -3.09. The number of rotatable bonds is 5. The first-order chi connectivity index (χ1) is 12.0. The number of nitrogens with zero attached hydrogens (tertiary/aromatic N) is 1. The molecule has 0 atom stereocenters. The number of nitrogens with one attached hydrogen (secondary N) is 2. The van der Waals surface area contributed by atoms with Crippen LogP contribution in [-0.2, 0) is 14.8 Å². The van der Waals surface area contributed by atoms with Crippen molar-refractivity contribution in [1.82, 2.24) is 4.72 Å². The molecule has 2 N–H and O–H groups in total. The van der Waals surface area contributed by atoms with E-state index in [-0.39, 0.29) is 17.3 Å². The third-order valence-corrected chi connectivity index (χ3v) is 4.80. The van der Waals surface area contributed by atoms with Gasteiger partial charge in [-0.2, -0.15) is 5.26 Å². The van der Waals surface area contributed by atoms with Crippen LogP contribution in [0.15, 0.2) is 47.4 Å². The number of hydrogen-bond acceptors (Lipinski definition) is 6. The number of hydrogen-bond donors (Lipinski definition) is 2. The summed E-state index contributed by atoms with van der Waals surface area (Å²) in [6.07, 6.45) is 0. The van der Waals surface area contributed by atoms with Crippen LogP contribution in [0.1, 0.15) is 5.56 Å². The van der Waals surface area contributed by atoms with Crippen molar-refractivity contribution in [3.63, 3.8) is 0 Å². The third kappa shape index (κ3) is 3.71. The van der Waals surface area contributed by atoms with Gasteiger partial charge in [-0.25, -0.2) is 13.1 Å². The number of ether oxygens (including phenoxy) is 2. The van der Waals surface area contributed by atoms with E-state index >= 15 is 0 Å². The van der Waals surface area contributed by atoms with Gasteiger partial charge in [0.15, 0.2) is 11.5 Å². The predicted molar refractivity (Wildman–Crippen MR) is 87.5 cm³/mol. The second-order valence-electron chi connectivity index (χ2n) is 5.05. The summed E-state index contributed by atoms with van der Waals surface area (Å²) in [5.74, 6) is 0.201. The van der Waals surface area contributed by atoms with Gasteiger partial charge in [-0.05, 0) is 24.3 Å². The zero-order chi connectivity index (χ0) is 17.9. The number of sulfonamides is 1. The summed E-state index contributed by atoms with van der Waals surface area (Å²) in [6.45, 7) is -0.441. The van der Waals surface area contributed by atoms with Gasteiger partial charge < -0.3 is 14.8 Å². The molecule has 0 aromatic heterocycles. The molecular formula is C16H13N3O5S. The summed E-state index contributed by atoms with van der Waals surface area (Å²) >= 11 is 0. The van der Waals surface area contributed by atoms with Crippen LogP contribution in [0.4, 0.5) is 5.69 Å². The highest BCUT2D eigenvalue weighted by Gasteiger charge is 2.21. The van der Waals surface area contributed by atoms with Gasteiger partial charge in [-0.15, -0.1) is 0 Å². The number of carbonyl (C=O) groups excluding carboxylic acids is 1. The molecule has 0 spiro atoms. The first kappa shape index (κ1) is 16.8. The van der Waals surface area contributed by atoms with E-state index in [1.165, 1.54) is 18.2 Å². The average Bonchev–Trinajstić information content (AvgIpc) is 3.08. The average molecular weight is 359 g/mol. The number of para-hydroxylation sites is 1. The van der Waals surface area contributed by atoms with Gasteiger partial charge in [0.2, 0.25) is 22.7 Å². The van der Waals surface area contributed by atoms with Crippen LogP contribution in [0.2, 0.25) is 0 Å². The Morgan fingerprint density at radius 3 is 2.72 bits per heavy atom. The maximum absolute atomic E-state index is 12.3. The highest BCUT2D eigenvalue weighted by molar-refractivity contribution is 7.89. The maximum atomic E-state index is 12.3. The summed E-state index contributed by atoms with van der Waals surface area (Å²) in [6, 6.07) is 12.5. The Kier molecular flexibility index (Phi) is 4.56. The SMILES string of the molecule is N#Cc1ccccc1NC(=O)CNS(=O)(=O)c1ccc2c(c1)OCO2. The number of fused-ring (bicyclic) bond motifs is 1. The van der Waals surface area contributed by atoms with Crippen molar-refractivity contribution in [2.45, 2.75) is 4.90 Å². The molecule has 0 saturated heterocycles. The molecule has 2 aromatic rings. The highest BCUT2D eigenvalue weighted by Crippen LogP contribution is 2.33. The maximum Gasteiger partial charge on any atom is 0.241 e. The van der Waals surface area contributed by atoms with E-state index in [2.05, 4.69) is 10.0 Å².